The molecule has 104 valence electrons. The summed E-state index contributed by atoms with van der Waals surface area (Å²) in [7, 11) is -3.09. The highest BCUT2D eigenvalue weighted by molar-refractivity contribution is 7.98. The molecule has 0 amide bonds. The van der Waals surface area contributed by atoms with Crippen LogP contribution in [-0.2, 0) is 10.0 Å². The molecule has 0 saturated heterocycles. The van der Waals surface area contributed by atoms with Gasteiger partial charge in [0, 0.05) is 19.1 Å². The van der Waals surface area contributed by atoms with Gasteiger partial charge in [0.2, 0.25) is 10.0 Å². The summed E-state index contributed by atoms with van der Waals surface area (Å²) in [6.45, 7) is 5.09. The van der Waals surface area contributed by atoms with E-state index in [0.717, 1.165) is 25.0 Å². The van der Waals surface area contributed by atoms with Gasteiger partial charge in [0.05, 0.1) is 5.75 Å². The van der Waals surface area contributed by atoms with Gasteiger partial charge in [-0.05, 0) is 24.9 Å². The molecule has 0 radical (unpaired) electrons. The van der Waals surface area contributed by atoms with E-state index in [1.807, 2.05) is 25.6 Å². The maximum Gasteiger partial charge on any atom is 0.212 e. The molecule has 0 aliphatic heterocycles. The molecule has 0 aromatic carbocycles. The van der Waals surface area contributed by atoms with E-state index in [4.69, 9.17) is 0 Å². The molecule has 0 aromatic rings. The second-order valence-corrected chi connectivity index (χ2v) is 7.29. The molecule has 0 fully saturated rings. The van der Waals surface area contributed by atoms with E-state index < -0.39 is 10.0 Å². The van der Waals surface area contributed by atoms with Gasteiger partial charge >= 0.3 is 0 Å². The van der Waals surface area contributed by atoms with Crippen LogP contribution in [0.2, 0.25) is 0 Å². The van der Waals surface area contributed by atoms with Crippen LogP contribution in [-0.4, -0.2) is 45.3 Å². The minimum Gasteiger partial charge on any atom is -0.313 e. The predicted octanol–water partition coefficient (Wildman–Crippen LogP) is 1.44. The van der Waals surface area contributed by atoms with Crippen molar-refractivity contribution in [2.75, 3.05) is 30.9 Å². The fourth-order valence-corrected chi connectivity index (χ4v) is 2.81. The highest BCUT2D eigenvalue weighted by Gasteiger charge is 2.08. The standard InChI is InChI=1S/C11H26N2O2S2/c1-11(2)12-8-10-17(14,15)13-7-5-4-6-9-16-3/h11-13H,4-10H2,1-3H3. The normalized spacial score (nSPS) is 12.2. The summed E-state index contributed by atoms with van der Waals surface area (Å²) in [6, 6.07) is 0.330. The Labute approximate surface area is 110 Å². The van der Waals surface area contributed by atoms with E-state index in [-0.39, 0.29) is 5.75 Å². The van der Waals surface area contributed by atoms with Gasteiger partial charge in [-0.15, -0.1) is 0 Å². The predicted molar refractivity (Wildman–Crippen MR) is 77.2 cm³/mol. The van der Waals surface area contributed by atoms with E-state index in [1.54, 1.807) is 0 Å². The molecule has 0 rings (SSSR count). The van der Waals surface area contributed by atoms with Crippen LogP contribution in [0.25, 0.3) is 0 Å². The molecule has 0 saturated carbocycles. The zero-order valence-electron chi connectivity index (χ0n) is 11.2. The van der Waals surface area contributed by atoms with Crippen molar-refractivity contribution in [2.24, 2.45) is 0 Å². The summed E-state index contributed by atoms with van der Waals surface area (Å²) >= 11 is 1.83. The number of sulfonamides is 1. The van der Waals surface area contributed by atoms with Crippen molar-refractivity contribution in [1.82, 2.24) is 10.0 Å². The van der Waals surface area contributed by atoms with Crippen molar-refractivity contribution in [2.45, 2.75) is 39.2 Å². The third kappa shape index (κ3) is 12.5. The average Bonchev–Trinajstić information content (AvgIpc) is 2.22. The molecular formula is C11H26N2O2S2. The molecular weight excluding hydrogens is 256 g/mol. The number of nitrogens with one attached hydrogen (secondary N) is 2. The van der Waals surface area contributed by atoms with Gasteiger partial charge in [-0.3, -0.25) is 0 Å². The Bertz CT molecular complexity index is 267. The first kappa shape index (κ1) is 17.2. The van der Waals surface area contributed by atoms with Crippen molar-refractivity contribution >= 4 is 21.8 Å². The monoisotopic (exact) mass is 282 g/mol. The molecule has 0 aromatic heterocycles. The maximum absolute atomic E-state index is 11.5. The zero-order valence-corrected chi connectivity index (χ0v) is 12.8. The van der Waals surface area contributed by atoms with Crippen LogP contribution in [0.15, 0.2) is 0 Å². The van der Waals surface area contributed by atoms with Crippen molar-refractivity contribution in [3.8, 4) is 0 Å². The molecule has 0 spiro atoms. The van der Waals surface area contributed by atoms with Crippen LogP contribution >= 0.6 is 11.8 Å². The SMILES string of the molecule is CSCCCCCNS(=O)(=O)CCNC(C)C. The molecule has 4 nitrogen and oxygen atoms in total. The minimum absolute atomic E-state index is 0.163. The lowest BCUT2D eigenvalue weighted by atomic mass is 10.2. The van der Waals surface area contributed by atoms with Gasteiger partial charge in [0.25, 0.3) is 0 Å². The fraction of sp³-hybridized carbons (Fsp3) is 1.00. The van der Waals surface area contributed by atoms with Crippen LogP contribution in [0.3, 0.4) is 0 Å². The molecule has 0 heterocycles. The Morgan fingerprint density at radius 3 is 2.41 bits per heavy atom. The summed E-state index contributed by atoms with van der Waals surface area (Å²) in [4.78, 5) is 0. The quantitative estimate of drug-likeness (QED) is 0.563. The topological polar surface area (TPSA) is 58.2 Å². The van der Waals surface area contributed by atoms with Crippen LogP contribution < -0.4 is 10.0 Å². The number of hydrogen-bond acceptors (Lipinski definition) is 4. The molecule has 0 atom stereocenters. The van der Waals surface area contributed by atoms with E-state index in [0.29, 0.717) is 19.1 Å². The van der Waals surface area contributed by atoms with Crippen LogP contribution in [0.5, 0.6) is 0 Å². The van der Waals surface area contributed by atoms with Gasteiger partial charge in [0.15, 0.2) is 0 Å². The van der Waals surface area contributed by atoms with Crippen LogP contribution in [0, 0.1) is 0 Å². The molecule has 0 unspecified atom stereocenters. The van der Waals surface area contributed by atoms with Gasteiger partial charge in [0.1, 0.15) is 0 Å². The third-order valence-electron chi connectivity index (χ3n) is 2.27. The maximum atomic E-state index is 11.5. The van der Waals surface area contributed by atoms with E-state index in [2.05, 4.69) is 16.3 Å². The lowest BCUT2D eigenvalue weighted by molar-refractivity contribution is 0.563. The first-order valence-corrected chi connectivity index (χ1v) is 9.22. The first-order valence-electron chi connectivity index (χ1n) is 6.17. The lowest BCUT2D eigenvalue weighted by Gasteiger charge is -2.09. The van der Waals surface area contributed by atoms with Crippen molar-refractivity contribution in [3.63, 3.8) is 0 Å². The van der Waals surface area contributed by atoms with E-state index in [1.165, 1.54) is 0 Å². The minimum atomic E-state index is -3.09. The summed E-state index contributed by atoms with van der Waals surface area (Å²) in [5.74, 6) is 1.32. The number of unbranched alkanes of at least 4 members (excludes halogenated alkanes) is 2. The average molecular weight is 282 g/mol. The van der Waals surface area contributed by atoms with Gasteiger partial charge < -0.3 is 5.32 Å². The molecule has 0 aliphatic carbocycles. The van der Waals surface area contributed by atoms with Crippen LogP contribution in [0.4, 0.5) is 0 Å². The highest BCUT2D eigenvalue weighted by Crippen LogP contribution is 2.01. The summed E-state index contributed by atoms with van der Waals surface area (Å²) in [6.07, 6.45) is 5.27. The summed E-state index contributed by atoms with van der Waals surface area (Å²) in [5.41, 5.74) is 0. The molecule has 0 bridgehead atoms. The van der Waals surface area contributed by atoms with Gasteiger partial charge in [-0.2, -0.15) is 11.8 Å². The lowest BCUT2D eigenvalue weighted by Crippen LogP contribution is -2.34. The largest absolute Gasteiger partial charge is 0.313 e. The molecule has 0 aliphatic rings. The third-order valence-corrected chi connectivity index (χ3v) is 4.35. The van der Waals surface area contributed by atoms with Crippen molar-refractivity contribution in [3.05, 3.63) is 0 Å². The van der Waals surface area contributed by atoms with E-state index >= 15 is 0 Å². The Hall–Kier alpha value is 0.220. The van der Waals surface area contributed by atoms with Gasteiger partial charge in [-0.1, -0.05) is 20.3 Å². The number of rotatable bonds is 11. The molecule has 17 heavy (non-hydrogen) atoms. The molecule has 2 N–H and O–H groups in total. The van der Waals surface area contributed by atoms with Gasteiger partial charge in [-0.25, -0.2) is 13.1 Å². The van der Waals surface area contributed by atoms with Crippen molar-refractivity contribution < 1.29 is 8.42 Å². The second-order valence-electron chi connectivity index (χ2n) is 4.38. The Balaban J connectivity index is 3.51. The smallest absolute Gasteiger partial charge is 0.212 e. The first-order chi connectivity index (χ1) is 7.98. The van der Waals surface area contributed by atoms with E-state index in [9.17, 15) is 8.42 Å². The summed E-state index contributed by atoms with van der Waals surface area (Å²) < 4.78 is 25.7. The highest BCUT2D eigenvalue weighted by atomic mass is 32.2. The zero-order chi connectivity index (χ0) is 13.1. The fourth-order valence-electron chi connectivity index (χ4n) is 1.33. The Morgan fingerprint density at radius 1 is 1.12 bits per heavy atom. The Kier molecular flexibility index (Phi) is 10.3. The van der Waals surface area contributed by atoms with Crippen LogP contribution in [0.1, 0.15) is 33.1 Å². The number of hydrogen-bond donors (Lipinski definition) is 2. The number of thioether (sulfide) groups is 1. The second kappa shape index (κ2) is 10.2. The molecule has 6 heteroatoms. The summed E-state index contributed by atoms with van der Waals surface area (Å²) in [5, 5.41) is 3.10. The Morgan fingerprint density at radius 2 is 1.82 bits per heavy atom. The van der Waals surface area contributed by atoms with Crippen molar-refractivity contribution in [1.29, 1.82) is 0 Å².